The fourth-order valence-corrected chi connectivity index (χ4v) is 6.94. The molecule has 0 aromatic heterocycles. The number of likely N-dealkylation sites (N-methyl/N-ethyl adjacent to an activating group) is 1. The van der Waals surface area contributed by atoms with Crippen molar-refractivity contribution in [3.63, 3.8) is 0 Å². The van der Waals surface area contributed by atoms with Crippen LogP contribution in [0.25, 0.3) is 0 Å². The Bertz CT molecular complexity index is 1120. The van der Waals surface area contributed by atoms with E-state index in [1.807, 2.05) is 39.8 Å². The summed E-state index contributed by atoms with van der Waals surface area (Å²) >= 11 is 0. The van der Waals surface area contributed by atoms with Crippen molar-refractivity contribution in [2.75, 3.05) is 33.9 Å². The molecule has 2 aliphatic carbocycles. The van der Waals surface area contributed by atoms with Crippen LogP contribution in [0, 0.1) is 11.3 Å². The number of nitrogens with zero attached hydrogens (tertiary/aromatic N) is 1. The molecule has 5 rings (SSSR count). The van der Waals surface area contributed by atoms with E-state index in [0.29, 0.717) is 12.0 Å². The second-order valence-corrected chi connectivity index (χ2v) is 12.2. The summed E-state index contributed by atoms with van der Waals surface area (Å²) in [5.41, 5.74) is 7.13. The number of hydrogen-bond acceptors (Lipinski definition) is 8. The van der Waals surface area contributed by atoms with Gasteiger partial charge in [0.2, 0.25) is 0 Å². The number of methoxy groups -OCH3 is 1. The molecule has 4 N–H and O–H groups in total. The average Bonchev–Trinajstić information content (AvgIpc) is 3.26. The Kier molecular flexibility index (Phi) is 8.89. The largest absolute Gasteiger partial charge is 0.493 e. The molecule has 0 saturated carbocycles. The van der Waals surface area contributed by atoms with Gasteiger partial charge < -0.3 is 40.0 Å². The smallest absolute Gasteiger partial charge is 0.407 e. The van der Waals surface area contributed by atoms with E-state index in [-0.39, 0.29) is 30.8 Å². The van der Waals surface area contributed by atoms with E-state index in [1.165, 1.54) is 11.1 Å². The molecule has 2 aliphatic heterocycles. The maximum atomic E-state index is 11.4. The molecule has 10 heteroatoms. The fraction of sp³-hybridized carbons (Fsp3) is 0.667. The van der Waals surface area contributed by atoms with Crippen molar-refractivity contribution in [3.8, 4) is 11.5 Å². The van der Waals surface area contributed by atoms with Crippen LogP contribution in [0.15, 0.2) is 24.3 Å². The number of likely N-dealkylation sites (tertiary alicyclic amines) is 1. The Hall–Kier alpha value is -2.98. The number of nitrogens with two attached hydrogens (primary N) is 1. The number of aliphatic hydroxyl groups is 1. The third-order valence-corrected chi connectivity index (χ3v) is 8.73. The molecule has 1 aromatic carbocycles. The van der Waals surface area contributed by atoms with Crippen LogP contribution in [0.3, 0.4) is 0 Å². The average molecular weight is 560 g/mol. The lowest BCUT2D eigenvalue weighted by Crippen LogP contribution is -2.64. The molecule has 40 heavy (non-hydrogen) atoms. The van der Waals surface area contributed by atoms with Gasteiger partial charge in [0, 0.05) is 34.4 Å². The summed E-state index contributed by atoms with van der Waals surface area (Å²) < 4.78 is 21.8. The summed E-state index contributed by atoms with van der Waals surface area (Å²) in [5.74, 6) is 2.09. The summed E-state index contributed by atoms with van der Waals surface area (Å²) in [4.78, 5) is 24.5. The summed E-state index contributed by atoms with van der Waals surface area (Å²) in [6.45, 7) is 8.99. The molecule has 4 aliphatic rings. The number of carbonyl (C=O) groups is 2. The molecule has 2 bridgehead atoms. The van der Waals surface area contributed by atoms with Crippen LogP contribution in [-0.4, -0.2) is 80.4 Å². The Morgan fingerprint density at radius 3 is 2.65 bits per heavy atom. The van der Waals surface area contributed by atoms with Gasteiger partial charge >= 0.3 is 12.2 Å². The Labute approximate surface area is 237 Å². The molecule has 222 valence electrons. The number of nitrogens with one attached hydrogen (secondary N) is 1. The van der Waals surface area contributed by atoms with Gasteiger partial charge in [-0.2, -0.15) is 0 Å². The zero-order valence-electron chi connectivity index (χ0n) is 24.6. The maximum Gasteiger partial charge on any atom is 0.407 e. The highest BCUT2D eigenvalue weighted by atomic mass is 16.6. The summed E-state index contributed by atoms with van der Waals surface area (Å²) in [6, 6.07) is 4.73. The second kappa shape index (κ2) is 11.9. The van der Waals surface area contributed by atoms with Crippen LogP contribution in [0.4, 0.5) is 9.59 Å². The normalized spacial score (nSPS) is 28.8. The van der Waals surface area contributed by atoms with Crippen LogP contribution < -0.4 is 20.5 Å². The van der Waals surface area contributed by atoms with Gasteiger partial charge in [-0.1, -0.05) is 38.5 Å². The van der Waals surface area contributed by atoms with Crippen LogP contribution in [0.1, 0.15) is 58.1 Å². The van der Waals surface area contributed by atoms with E-state index in [9.17, 15) is 14.7 Å². The van der Waals surface area contributed by atoms with Crippen molar-refractivity contribution < 1.29 is 33.6 Å². The number of primary amides is 1. The molecular weight excluding hydrogens is 514 g/mol. The lowest BCUT2D eigenvalue weighted by Gasteiger charge is -2.56. The van der Waals surface area contributed by atoms with Gasteiger partial charge in [0.25, 0.3) is 0 Å². The van der Waals surface area contributed by atoms with Crippen molar-refractivity contribution in [1.29, 1.82) is 0 Å². The monoisotopic (exact) mass is 559 g/mol. The molecule has 0 radical (unpaired) electrons. The summed E-state index contributed by atoms with van der Waals surface area (Å²) in [6.07, 6.45) is 5.92. The van der Waals surface area contributed by atoms with E-state index in [0.717, 1.165) is 43.7 Å². The van der Waals surface area contributed by atoms with Crippen molar-refractivity contribution in [3.05, 3.63) is 35.4 Å². The van der Waals surface area contributed by atoms with Gasteiger partial charge in [0.15, 0.2) is 11.5 Å². The van der Waals surface area contributed by atoms with E-state index in [2.05, 4.69) is 29.4 Å². The van der Waals surface area contributed by atoms with Gasteiger partial charge in [0.1, 0.15) is 25.4 Å². The highest BCUT2D eigenvalue weighted by Crippen LogP contribution is 2.62. The quantitative estimate of drug-likeness (QED) is 0.412. The van der Waals surface area contributed by atoms with Gasteiger partial charge in [-0.15, -0.1) is 0 Å². The van der Waals surface area contributed by atoms with Gasteiger partial charge in [-0.05, 0) is 58.3 Å². The number of rotatable bonds is 8. The van der Waals surface area contributed by atoms with Crippen molar-refractivity contribution in [1.82, 2.24) is 10.2 Å². The van der Waals surface area contributed by atoms with Crippen molar-refractivity contribution in [2.24, 2.45) is 17.1 Å². The third kappa shape index (κ3) is 5.61. The zero-order valence-corrected chi connectivity index (χ0v) is 24.6. The molecular formula is C30H45N3O7. The van der Waals surface area contributed by atoms with Gasteiger partial charge in [-0.25, -0.2) is 9.59 Å². The highest BCUT2D eigenvalue weighted by Gasteiger charge is 2.64. The first-order chi connectivity index (χ1) is 19.0. The summed E-state index contributed by atoms with van der Waals surface area (Å²) in [5, 5.41) is 13.2. The Morgan fingerprint density at radius 2 is 2.00 bits per heavy atom. The van der Waals surface area contributed by atoms with Crippen LogP contribution in [0.2, 0.25) is 0 Å². The first-order valence-electron chi connectivity index (χ1n) is 14.2. The number of ether oxygens (including phenoxy) is 4. The molecule has 2 amide bonds. The predicted molar refractivity (Wildman–Crippen MR) is 151 cm³/mol. The lowest BCUT2D eigenvalue weighted by molar-refractivity contribution is -0.0453. The first kappa shape index (κ1) is 30.0. The number of aliphatic hydroxyl groups excluding tert-OH is 1. The number of piperidine rings is 1. The maximum absolute atomic E-state index is 11.4. The van der Waals surface area contributed by atoms with Crippen molar-refractivity contribution >= 4 is 12.2 Å². The molecule has 6 atom stereocenters. The molecule has 1 saturated heterocycles. The van der Waals surface area contributed by atoms with Crippen LogP contribution in [0.5, 0.6) is 11.5 Å². The number of amides is 2. The number of benzene rings is 1. The van der Waals surface area contributed by atoms with Crippen molar-refractivity contribution in [2.45, 2.75) is 83.1 Å². The molecule has 1 fully saturated rings. The first-order valence-corrected chi connectivity index (χ1v) is 14.2. The zero-order chi connectivity index (χ0) is 29.2. The third-order valence-electron chi connectivity index (χ3n) is 8.73. The van der Waals surface area contributed by atoms with Crippen LogP contribution >= 0.6 is 0 Å². The van der Waals surface area contributed by atoms with Gasteiger partial charge in [0.05, 0.1) is 7.11 Å². The summed E-state index contributed by atoms with van der Waals surface area (Å²) in [7, 11) is 3.91. The van der Waals surface area contributed by atoms with E-state index < -0.39 is 23.7 Å². The topological polar surface area (TPSA) is 133 Å². The molecule has 2 heterocycles. The lowest BCUT2D eigenvalue weighted by atomic mass is 9.53. The molecule has 1 spiro atoms. The number of alkyl carbamates (subject to hydrolysis) is 1. The van der Waals surface area contributed by atoms with E-state index in [1.54, 1.807) is 7.11 Å². The Morgan fingerprint density at radius 1 is 1.27 bits per heavy atom. The van der Waals surface area contributed by atoms with Crippen LogP contribution in [-0.2, 0) is 21.3 Å². The highest BCUT2D eigenvalue weighted by molar-refractivity contribution is 5.67. The molecule has 10 nitrogen and oxygen atoms in total. The number of carbonyl (C=O) groups excluding carboxylic acids is 2. The SMILES string of the molecule is CCCC(C)(COC(N)=O)COC(=O)NC(C)C.COc1ccc2c3c1O[C@H]1[C@@H](O)C=C[C@H]4[C@@H](C2)N(C)CC[C@@]341. The molecule has 1 aromatic rings. The molecule has 1 unspecified atom stereocenters. The standard InChI is InChI=1S/C18H21NO3.C12H24N2O4/c1-19-8-7-18-11-4-5-13(20)17(18)22-16-14(21-2)6-3-10(15(16)18)9-12(11)19;1-5-6-12(4,7-17-10(13)15)8-18-11(16)14-9(2)3/h3-6,11-13,17,20H,7-9H2,1-2H3;9H,5-8H2,1-4H3,(H2,13,15)(H,14,16)/t11-,12+,13-,17-,18-;/m0./s1. The van der Waals surface area contributed by atoms with Gasteiger partial charge in [-0.3, -0.25) is 0 Å². The minimum Gasteiger partial charge on any atom is -0.493 e. The predicted octanol–water partition coefficient (Wildman–Crippen LogP) is 3.52. The fourth-order valence-electron chi connectivity index (χ4n) is 6.94. The van der Waals surface area contributed by atoms with E-state index >= 15 is 0 Å². The Balaban J connectivity index is 0.000000191. The second-order valence-electron chi connectivity index (χ2n) is 12.2. The van der Waals surface area contributed by atoms with E-state index in [4.69, 9.17) is 24.7 Å². The minimum atomic E-state index is -0.816. The number of hydrogen-bond donors (Lipinski definition) is 3. The minimum absolute atomic E-state index is 0.0248.